The van der Waals surface area contributed by atoms with Crippen molar-refractivity contribution in [1.82, 2.24) is 10.3 Å². The quantitative estimate of drug-likeness (QED) is 0.838. The van der Waals surface area contributed by atoms with Crippen LogP contribution in [0, 0.1) is 6.92 Å². The second-order valence-corrected chi connectivity index (χ2v) is 6.34. The first-order chi connectivity index (χ1) is 8.74. The van der Waals surface area contributed by atoms with Gasteiger partial charge in [0.2, 0.25) is 0 Å². The molecule has 2 rings (SSSR count). The maximum Gasteiger partial charge on any atom is 0.107 e. The molecule has 0 aliphatic carbocycles. The van der Waals surface area contributed by atoms with Crippen molar-refractivity contribution in [3.05, 3.63) is 34.2 Å². The number of nitrogens with one attached hydrogen (secondary N) is 1. The van der Waals surface area contributed by atoms with Crippen molar-refractivity contribution in [2.75, 3.05) is 12.8 Å². The molecule has 1 aromatic carbocycles. The van der Waals surface area contributed by atoms with E-state index in [1.54, 1.807) is 11.3 Å². The fraction of sp³-hybridized carbons (Fsp3) is 0.357. The first-order valence-corrected chi connectivity index (χ1v) is 7.94. The highest BCUT2D eigenvalue weighted by molar-refractivity contribution is 7.99. The molecule has 0 atom stereocenters. The first-order valence-electron chi connectivity index (χ1n) is 6.07. The zero-order valence-corrected chi connectivity index (χ0v) is 12.6. The number of thioether (sulfide) groups is 1. The predicted octanol–water partition coefficient (Wildman–Crippen LogP) is 3.95. The van der Waals surface area contributed by atoms with Crippen LogP contribution in [-0.4, -0.2) is 17.8 Å². The summed E-state index contributed by atoms with van der Waals surface area (Å²) in [6.07, 6.45) is 0. The fourth-order valence-electron chi connectivity index (χ4n) is 1.79. The third kappa shape index (κ3) is 3.13. The van der Waals surface area contributed by atoms with Gasteiger partial charge in [-0.25, -0.2) is 4.98 Å². The highest BCUT2D eigenvalue weighted by Gasteiger charge is 2.09. The van der Waals surface area contributed by atoms with E-state index < -0.39 is 0 Å². The Morgan fingerprint density at radius 1 is 1.39 bits per heavy atom. The van der Waals surface area contributed by atoms with Gasteiger partial charge >= 0.3 is 0 Å². The Morgan fingerprint density at radius 3 is 2.94 bits per heavy atom. The van der Waals surface area contributed by atoms with Crippen LogP contribution in [0.15, 0.2) is 28.5 Å². The maximum atomic E-state index is 4.70. The van der Waals surface area contributed by atoms with E-state index in [-0.39, 0.29) is 0 Å². The summed E-state index contributed by atoms with van der Waals surface area (Å²) in [7, 11) is 1.95. The van der Waals surface area contributed by atoms with Crippen LogP contribution in [0.5, 0.6) is 0 Å². The lowest BCUT2D eigenvalue weighted by molar-refractivity contribution is 0.810. The molecule has 0 radical (unpaired) electrons. The Hall–Kier alpha value is -0.840. The van der Waals surface area contributed by atoms with Crippen molar-refractivity contribution in [1.29, 1.82) is 0 Å². The van der Waals surface area contributed by atoms with Gasteiger partial charge in [0.05, 0.1) is 5.69 Å². The standard InChI is InChI=1S/C14H18N2S2/c1-4-17-13-6-5-10(2)7-11(13)12-9-18-14(16-12)8-15-3/h5-7,9,15H,4,8H2,1-3H3. The molecule has 0 unspecified atom stereocenters. The molecule has 2 aromatic rings. The minimum Gasteiger partial charge on any atom is -0.314 e. The molecule has 1 N–H and O–H groups in total. The summed E-state index contributed by atoms with van der Waals surface area (Å²) in [6, 6.07) is 6.61. The van der Waals surface area contributed by atoms with Gasteiger partial charge in [0.1, 0.15) is 5.01 Å². The van der Waals surface area contributed by atoms with E-state index in [0.717, 1.165) is 23.0 Å². The number of hydrogen-bond acceptors (Lipinski definition) is 4. The predicted molar refractivity (Wildman–Crippen MR) is 81.4 cm³/mol. The number of hydrogen-bond donors (Lipinski definition) is 1. The van der Waals surface area contributed by atoms with E-state index in [1.807, 2.05) is 18.8 Å². The molecule has 18 heavy (non-hydrogen) atoms. The molecule has 1 aromatic heterocycles. The Labute approximate surface area is 117 Å². The molecule has 0 saturated heterocycles. The van der Waals surface area contributed by atoms with E-state index in [4.69, 9.17) is 4.98 Å². The molecule has 0 saturated carbocycles. The average molecular weight is 278 g/mol. The van der Waals surface area contributed by atoms with Gasteiger partial charge < -0.3 is 5.32 Å². The molecule has 0 spiro atoms. The molecule has 96 valence electrons. The zero-order chi connectivity index (χ0) is 13.0. The molecular weight excluding hydrogens is 260 g/mol. The lowest BCUT2D eigenvalue weighted by Crippen LogP contribution is -2.04. The van der Waals surface area contributed by atoms with Gasteiger partial charge in [-0.05, 0) is 31.9 Å². The number of aryl methyl sites for hydroxylation is 1. The van der Waals surface area contributed by atoms with Crippen LogP contribution in [0.4, 0.5) is 0 Å². The molecule has 2 nitrogen and oxygen atoms in total. The van der Waals surface area contributed by atoms with Crippen LogP contribution in [0.25, 0.3) is 11.3 Å². The van der Waals surface area contributed by atoms with Crippen molar-refractivity contribution in [2.24, 2.45) is 0 Å². The van der Waals surface area contributed by atoms with Crippen LogP contribution < -0.4 is 5.32 Å². The number of nitrogens with zero attached hydrogens (tertiary/aromatic N) is 1. The molecular formula is C14H18N2S2. The molecule has 4 heteroatoms. The Bertz CT molecular complexity index is 520. The lowest BCUT2D eigenvalue weighted by atomic mass is 10.1. The summed E-state index contributed by atoms with van der Waals surface area (Å²) in [6.45, 7) is 5.15. The molecule has 0 fully saturated rings. The fourth-order valence-corrected chi connectivity index (χ4v) is 3.39. The van der Waals surface area contributed by atoms with Gasteiger partial charge in [0.25, 0.3) is 0 Å². The molecule has 1 heterocycles. The van der Waals surface area contributed by atoms with Crippen LogP contribution in [-0.2, 0) is 6.54 Å². The van der Waals surface area contributed by atoms with Crippen LogP contribution >= 0.6 is 23.1 Å². The molecule has 0 amide bonds. The number of thiazole rings is 1. The topological polar surface area (TPSA) is 24.9 Å². The zero-order valence-electron chi connectivity index (χ0n) is 11.0. The van der Waals surface area contributed by atoms with Crippen molar-refractivity contribution < 1.29 is 0 Å². The van der Waals surface area contributed by atoms with Crippen LogP contribution in [0.1, 0.15) is 17.5 Å². The smallest absolute Gasteiger partial charge is 0.107 e. The van der Waals surface area contributed by atoms with E-state index >= 15 is 0 Å². The van der Waals surface area contributed by atoms with Crippen molar-refractivity contribution >= 4 is 23.1 Å². The summed E-state index contributed by atoms with van der Waals surface area (Å²) in [5.74, 6) is 1.09. The summed E-state index contributed by atoms with van der Waals surface area (Å²) < 4.78 is 0. The van der Waals surface area contributed by atoms with Gasteiger partial charge in [-0.1, -0.05) is 18.6 Å². The van der Waals surface area contributed by atoms with Crippen LogP contribution in [0.2, 0.25) is 0 Å². The Kier molecular flexibility index (Phi) is 4.80. The third-order valence-electron chi connectivity index (χ3n) is 2.59. The summed E-state index contributed by atoms with van der Waals surface area (Å²) in [5, 5.41) is 6.44. The maximum absolute atomic E-state index is 4.70. The first kappa shape index (κ1) is 13.6. The van der Waals surface area contributed by atoms with Gasteiger partial charge in [0, 0.05) is 22.4 Å². The van der Waals surface area contributed by atoms with Gasteiger partial charge in [-0.2, -0.15) is 0 Å². The van der Waals surface area contributed by atoms with Gasteiger partial charge in [-0.15, -0.1) is 23.1 Å². The number of rotatable bonds is 5. The second-order valence-electron chi connectivity index (χ2n) is 4.09. The second kappa shape index (κ2) is 6.36. The van der Waals surface area contributed by atoms with E-state index in [9.17, 15) is 0 Å². The SMILES string of the molecule is CCSc1ccc(C)cc1-c1csc(CNC)n1. The highest BCUT2D eigenvalue weighted by atomic mass is 32.2. The summed E-state index contributed by atoms with van der Waals surface area (Å²) >= 11 is 3.60. The molecule has 0 aliphatic rings. The van der Waals surface area contributed by atoms with E-state index in [1.165, 1.54) is 16.0 Å². The van der Waals surface area contributed by atoms with Crippen molar-refractivity contribution in [2.45, 2.75) is 25.3 Å². The summed E-state index contributed by atoms with van der Waals surface area (Å²) in [4.78, 5) is 6.02. The average Bonchev–Trinajstić information content (AvgIpc) is 2.81. The Morgan fingerprint density at radius 2 is 2.22 bits per heavy atom. The largest absolute Gasteiger partial charge is 0.314 e. The number of benzene rings is 1. The van der Waals surface area contributed by atoms with Crippen molar-refractivity contribution in [3.63, 3.8) is 0 Å². The van der Waals surface area contributed by atoms with Crippen LogP contribution in [0.3, 0.4) is 0 Å². The molecule has 0 aliphatic heterocycles. The Balaban J connectivity index is 2.37. The third-order valence-corrected chi connectivity index (χ3v) is 4.40. The minimum atomic E-state index is 0.840. The van der Waals surface area contributed by atoms with E-state index in [0.29, 0.717) is 0 Å². The normalized spacial score (nSPS) is 10.8. The van der Waals surface area contributed by atoms with Crippen molar-refractivity contribution in [3.8, 4) is 11.3 Å². The summed E-state index contributed by atoms with van der Waals surface area (Å²) in [5.41, 5.74) is 3.65. The highest BCUT2D eigenvalue weighted by Crippen LogP contribution is 2.32. The lowest BCUT2D eigenvalue weighted by Gasteiger charge is -2.07. The van der Waals surface area contributed by atoms with Gasteiger partial charge in [0.15, 0.2) is 0 Å². The van der Waals surface area contributed by atoms with Gasteiger partial charge in [-0.3, -0.25) is 0 Å². The number of aromatic nitrogens is 1. The minimum absolute atomic E-state index is 0.840. The van der Waals surface area contributed by atoms with E-state index in [2.05, 4.69) is 42.7 Å². The molecule has 0 bridgehead atoms. The monoisotopic (exact) mass is 278 g/mol.